The Morgan fingerprint density at radius 2 is 2.19 bits per heavy atom. The number of esters is 1. The summed E-state index contributed by atoms with van der Waals surface area (Å²) >= 11 is 5.03. The summed E-state index contributed by atoms with van der Waals surface area (Å²) in [6.07, 6.45) is 0.234. The Morgan fingerprint density at radius 1 is 1.33 bits per heavy atom. The van der Waals surface area contributed by atoms with Crippen LogP contribution in [-0.2, 0) is 16.0 Å². The van der Waals surface area contributed by atoms with E-state index < -0.39 is 0 Å². The first-order chi connectivity index (χ1) is 13.2. The molecule has 6 nitrogen and oxygen atoms in total. The highest BCUT2D eigenvalue weighted by atomic mass is 32.2. The van der Waals surface area contributed by atoms with E-state index in [1.54, 1.807) is 34.9 Å². The summed E-state index contributed by atoms with van der Waals surface area (Å²) in [6, 6.07) is 10.5. The molecule has 3 aromatic rings. The van der Waals surface area contributed by atoms with Crippen molar-refractivity contribution in [2.75, 3.05) is 18.1 Å². The van der Waals surface area contributed by atoms with Crippen molar-refractivity contribution in [3.8, 4) is 11.4 Å². The van der Waals surface area contributed by atoms with Gasteiger partial charge in [0, 0.05) is 22.4 Å². The molecule has 27 heavy (non-hydrogen) atoms. The van der Waals surface area contributed by atoms with E-state index in [4.69, 9.17) is 4.74 Å². The van der Waals surface area contributed by atoms with Crippen LogP contribution < -0.4 is 0 Å². The van der Waals surface area contributed by atoms with Gasteiger partial charge in [0.15, 0.2) is 11.0 Å². The van der Waals surface area contributed by atoms with Crippen molar-refractivity contribution >= 4 is 40.8 Å². The third kappa shape index (κ3) is 4.20. The summed E-state index contributed by atoms with van der Waals surface area (Å²) < 4.78 is 8.19. The van der Waals surface area contributed by atoms with Crippen molar-refractivity contribution in [1.82, 2.24) is 19.7 Å². The molecule has 1 atom stereocenters. The number of thioether (sulfide) groups is 2. The van der Waals surface area contributed by atoms with Crippen molar-refractivity contribution in [2.45, 2.75) is 28.9 Å². The van der Waals surface area contributed by atoms with Crippen LogP contribution in [-0.4, -0.2) is 43.8 Å². The van der Waals surface area contributed by atoms with Crippen LogP contribution in [0.2, 0.25) is 0 Å². The summed E-state index contributed by atoms with van der Waals surface area (Å²) in [6.45, 7) is 2.21. The van der Waals surface area contributed by atoms with E-state index in [0.717, 1.165) is 38.1 Å². The fraction of sp³-hybridized carbons (Fsp3) is 0.333. The first-order valence-electron chi connectivity index (χ1n) is 8.60. The van der Waals surface area contributed by atoms with Gasteiger partial charge in [0.05, 0.1) is 24.8 Å². The van der Waals surface area contributed by atoms with E-state index in [9.17, 15) is 4.79 Å². The molecule has 0 saturated carbocycles. The lowest BCUT2D eigenvalue weighted by atomic mass is 10.2. The van der Waals surface area contributed by atoms with Gasteiger partial charge in [0.1, 0.15) is 4.34 Å². The smallest absolute Gasteiger partial charge is 0.311 e. The Balaban J connectivity index is 1.42. The largest absolute Gasteiger partial charge is 0.466 e. The number of fused-ring (bicyclic) bond motifs is 1. The van der Waals surface area contributed by atoms with Gasteiger partial charge in [-0.3, -0.25) is 9.36 Å². The van der Waals surface area contributed by atoms with Crippen LogP contribution in [0.25, 0.3) is 11.4 Å². The standard InChI is InChI=1S/C18H18N4O2S3/c1-2-24-15(23)8-13-9-26-18(19-13)27-11-14-10-25-17-21-20-16(22(14)17)12-6-4-3-5-7-12/h3-7,9,14H,2,8,10-11H2,1H3. The number of aromatic nitrogens is 4. The minimum atomic E-state index is -0.229. The summed E-state index contributed by atoms with van der Waals surface area (Å²) in [5.74, 6) is 2.57. The molecule has 0 fully saturated rings. The highest BCUT2D eigenvalue weighted by molar-refractivity contribution is 8.01. The molecule has 0 radical (unpaired) electrons. The molecule has 9 heteroatoms. The molecule has 140 valence electrons. The second-order valence-electron chi connectivity index (χ2n) is 5.90. The lowest BCUT2D eigenvalue weighted by molar-refractivity contribution is -0.142. The molecular weight excluding hydrogens is 400 g/mol. The first-order valence-corrected chi connectivity index (χ1v) is 11.5. The van der Waals surface area contributed by atoms with Gasteiger partial charge >= 0.3 is 5.97 Å². The summed E-state index contributed by atoms with van der Waals surface area (Å²) in [5, 5.41) is 11.6. The van der Waals surface area contributed by atoms with Gasteiger partial charge in [-0.05, 0) is 6.92 Å². The Hall–Kier alpha value is -1.84. The Labute approximate surface area is 169 Å². The van der Waals surface area contributed by atoms with Gasteiger partial charge in [0.25, 0.3) is 0 Å². The molecule has 0 saturated heterocycles. The Morgan fingerprint density at radius 3 is 3.00 bits per heavy atom. The maximum Gasteiger partial charge on any atom is 0.311 e. The highest BCUT2D eigenvalue weighted by Gasteiger charge is 2.28. The average molecular weight is 419 g/mol. The molecule has 3 heterocycles. The number of nitrogens with zero attached hydrogens (tertiary/aromatic N) is 4. The first kappa shape index (κ1) is 18.5. The van der Waals surface area contributed by atoms with E-state index in [2.05, 4.69) is 31.9 Å². The van der Waals surface area contributed by atoms with Crippen LogP contribution in [0.1, 0.15) is 18.7 Å². The molecule has 1 aliphatic rings. The number of carbonyl (C=O) groups excluding carboxylic acids is 1. The van der Waals surface area contributed by atoms with E-state index >= 15 is 0 Å². The minimum absolute atomic E-state index is 0.229. The molecule has 1 aromatic carbocycles. The molecule has 4 rings (SSSR count). The molecular formula is C18H18N4O2S3. The molecule has 0 aliphatic carbocycles. The molecule has 2 aromatic heterocycles. The van der Waals surface area contributed by atoms with E-state index in [1.807, 2.05) is 30.5 Å². The second kappa shape index (κ2) is 8.45. The number of ether oxygens (including phenoxy) is 1. The normalized spacial score (nSPS) is 15.7. The van der Waals surface area contributed by atoms with Gasteiger partial charge in [-0.1, -0.05) is 53.9 Å². The van der Waals surface area contributed by atoms with Crippen LogP contribution in [0.5, 0.6) is 0 Å². The van der Waals surface area contributed by atoms with Crippen molar-refractivity contribution < 1.29 is 9.53 Å². The van der Waals surface area contributed by atoms with Gasteiger partial charge in [-0.15, -0.1) is 21.5 Å². The van der Waals surface area contributed by atoms with E-state index in [-0.39, 0.29) is 12.4 Å². The zero-order valence-electron chi connectivity index (χ0n) is 14.7. The number of hydrogen-bond donors (Lipinski definition) is 0. The number of benzene rings is 1. The third-order valence-electron chi connectivity index (χ3n) is 4.03. The summed E-state index contributed by atoms with van der Waals surface area (Å²) in [5.41, 5.74) is 1.86. The van der Waals surface area contributed by atoms with Gasteiger partial charge in [0.2, 0.25) is 0 Å². The zero-order chi connectivity index (χ0) is 18.6. The summed E-state index contributed by atoms with van der Waals surface area (Å²) in [4.78, 5) is 16.1. The maximum absolute atomic E-state index is 11.6. The Bertz CT molecular complexity index is 926. The third-order valence-corrected chi connectivity index (χ3v) is 7.33. The maximum atomic E-state index is 11.6. The average Bonchev–Trinajstić information content (AvgIpc) is 3.38. The van der Waals surface area contributed by atoms with Crippen molar-refractivity contribution in [2.24, 2.45) is 0 Å². The fourth-order valence-corrected chi connectivity index (χ4v) is 6.00. The van der Waals surface area contributed by atoms with Crippen LogP contribution >= 0.6 is 34.9 Å². The van der Waals surface area contributed by atoms with Crippen molar-refractivity contribution in [1.29, 1.82) is 0 Å². The van der Waals surface area contributed by atoms with E-state index in [1.165, 1.54) is 0 Å². The molecule has 0 bridgehead atoms. The Kier molecular flexibility index (Phi) is 5.80. The number of carbonyl (C=O) groups is 1. The summed E-state index contributed by atoms with van der Waals surface area (Å²) in [7, 11) is 0. The number of rotatable bonds is 7. The molecule has 0 amide bonds. The molecule has 1 unspecified atom stereocenters. The van der Waals surface area contributed by atoms with Crippen molar-refractivity contribution in [3.05, 3.63) is 41.4 Å². The van der Waals surface area contributed by atoms with E-state index in [0.29, 0.717) is 12.6 Å². The van der Waals surface area contributed by atoms with Crippen LogP contribution in [0.3, 0.4) is 0 Å². The minimum Gasteiger partial charge on any atom is -0.466 e. The topological polar surface area (TPSA) is 69.9 Å². The number of thiazole rings is 1. The predicted molar refractivity (Wildman–Crippen MR) is 108 cm³/mol. The zero-order valence-corrected chi connectivity index (χ0v) is 17.1. The van der Waals surface area contributed by atoms with Gasteiger partial charge < -0.3 is 4.74 Å². The lowest BCUT2D eigenvalue weighted by Gasteiger charge is -2.13. The highest BCUT2D eigenvalue weighted by Crippen LogP contribution is 2.39. The van der Waals surface area contributed by atoms with Gasteiger partial charge in [-0.25, -0.2) is 4.98 Å². The second-order valence-corrected chi connectivity index (χ2v) is 9.02. The molecule has 0 spiro atoms. The predicted octanol–water partition coefficient (Wildman–Crippen LogP) is 3.95. The van der Waals surface area contributed by atoms with Crippen LogP contribution in [0.15, 0.2) is 45.2 Å². The quantitative estimate of drug-likeness (QED) is 0.425. The lowest BCUT2D eigenvalue weighted by Crippen LogP contribution is -2.11. The SMILES string of the molecule is CCOC(=O)Cc1csc(SCC2CSc3nnc(-c4ccccc4)n32)n1. The van der Waals surface area contributed by atoms with Gasteiger partial charge in [-0.2, -0.15) is 0 Å². The molecule has 0 N–H and O–H groups in total. The van der Waals surface area contributed by atoms with Crippen molar-refractivity contribution in [3.63, 3.8) is 0 Å². The fourth-order valence-electron chi connectivity index (χ4n) is 2.82. The van der Waals surface area contributed by atoms with Crippen LogP contribution in [0.4, 0.5) is 0 Å². The monoisotopic (exact) mass is 418 g/mol. The number of hydrogen-bond acceptors (Lipinski definition) is 8. The molecule has 1 aliphatic heterocycles. The van der Waals surface area contributed by atoms with Crippen LogP contribution in [0, 0.1) is 0 Å².